The molecule has 15 heterocycles. The van der Waals surface area contributed by atoms with Gasteiger partial charge in [0.05, 0.1) is 106 Å². The number of pyridine rings is 10. The van der Waals surface area contributed by atoms with Gasteiger partial charge in [0.1, 0.15) is 27.6 Å². The summed E-state index contributed by atoms with van der Waals surface area (Å²) in [5, 5.41) is 12.6. The summed E-state index contributed by atoms with van der Waals surface area (Å²) in [5.74, 6) is 4.61. The lowest BCUT2D eigenvalue weighted by atomic mass is 9.87. The highest BCUT2D eigenvalue weighted by Gasteiger charge is 2.36. The second kappa shape index (κ2) is 36.9. The largest absolute Gasteiger partial charge is 0.297 e. The van der Waals surface area contributed by atoms with Gasteiger partial charge in [-0.2, -0.15) is 22.0 Å². The fourth-order valence-corrected chi connectivity index (χ4v) is 24.4. The van der Waals surface area contributed by atoms with Gasteiger partial charge in [-0.25, -0.2) is 22.8 Å². The molecule has 0 N–H and O–H groups in total. The molecule has 0 radical (unpaired) electrons. The molecule has 15 heteroatoms. The lowest BCUT2D eigenvalue weighted by Gasteiger charge is -2.18. The molecule has 0 saturated heterocycles. The first-order valence-corrected chi connectivity index (χ1v) is 52.7. The smallest absolute Gasteiger partial charge is 0.255 e. The molecule has 15 nitrogen and oxygen atoms in total. The van der Waals surface area contributed by atoms with Crippen LogP contribution in [0.2, 0.25) is 0 Å². The summed E-state index contributed by atoms with van der Waals surface area (Å²) >= 11 is 0. The zero-order chi connectivity index (χ0) is 102. The number of fused-ring (bicyclic) bond motifs is 40. The Kier molecular flexibility index (Phi) is 24.5. The van der Waals surface area contributed by atoms with E-state index in [9.17, 15) is 0 Å². The molecule has 0 spiro atoms. The minimum absolute atomic E-state index is 0.424. The Labute approximate surface area is 850 Å². The normalized spacial score (nSPS) is 12.4. The molecule has 0 fully saturated rings. The number of benzene rings is 10. The third-order valence-electron chi connectivity index (χ3n) is 31.7. The van der Waals surface area contributed by atoms with E-state index < -0.39 is 0 Å². The lowest BCUT2D eigenvalue weighted by molar-refractivity contribution is -0.617. The first-order chi connectivity index (χ1) is 69.5. The molecule has 0 aliphatic heterocycles. The third kappa shape index (κ3) is 15.1. The third-order valence-corrected chi connectivity index (χ3v) is 31.7. The standard InChI is InChI=1S/5C26H28N3/c1-15(2)18-9-7-11-20-23(18)24-22(17(5)13-14-27-24)26-28(6)21-12-8-10-19(16(3)4)25(21)29(20)26;1-15(2)18-10-11-20-22(14-18)28(6)26-23-17(5)12-13-27-25(23)24-19(16(3)4)8-7-9-21(24)29(20)26;1-15(2)18-10-11-20-22(14-18)29-21-9-7-8-19(16(3)4)24(21)25-23(26(29)28(20)6)17(5)12-13-27-25;1-15(2)18-13-20-23(14-19(18)16(3)4)29-22-10-8-7-9-21(22)28(6)26(29)24-17(5)11-12-27-25(20)24;1-15(2)18-11-12-19-24-23(17(5)13-14-27-24)26-28(6)20-9-7-8-10-21(20)29(26)25(19)22(18)16(3)4/h5*7-16H,1-6H3/q5*+1. The van der Waals surface area contributed by atoms with Crippen LogP contribution in [0.3, 0.4) is 0 Å². The van der Waals surface area contributed by atoms with Crippen molar-refractivity contribution in [3.8, 4) is 0 Å². The van der Waals surface area contributed by atoms with Crippen molar-refractivity contribution in [2.24, 2.45) is 35.2 Å². The van der Waals surface area contributed by atoms with Crippen LogP contribution in [-0.4, -0.2) is 47.1 Å². The van der Waals surface area contributed by atoms with Gasteiger partial charge in [-0.3, -0.25) is 24.9 Å². The Hall–Kier alpha value is -14.7. The van der Waals surface area contributed by atoms with Gasteiger partial charge in [-0.15, -0.1) is 0 Å². The summed E-state index contributed by atoms with van der Waals surface area (Å²) in [6.45, 7) is 56.6. The van der Waals surface area contributed by atoms with E-state index in [0.717, 1.165) is 27.6 Å². The Morgan fingerprint density at radius 3 is 1.04 bits per heavy atom. The van der Waals surface area contributed by atoms with Crippen LogP contribution in [0.25, 0.3) is 192 Å². The van der Waals surface area contributed by atoms with Crippen molar-refractivity contribution in [1.29, 1.82) is 0 Å². The fraction of sp³-hybridized carbons (Fsp3) is 0.308. The monoisotopic (exact) mass is 1910 g/mol. The Morgan fingerprint density at radius 1 is 0.221 bits per heavy atom. The Balaban J connectivity index is 0.000000107. The molecule has 0 atom stereocenters. The molecular formula is C130H140N15+5. The van der Waals surface area contributed by atoms with Crippen molar-refractivity contribution >= 4 is 192 Å². The molecule has 0 saturated carbocycles. The van der Waals surface area contributed by atoms with E-state index in [-0.39, 0.29) is 0 Å². The number of nitrogens with zero attached hydrogens (tertiary/aromatic N) is 15. The lowest BCUT2D eigenvalue weighted by Crippen LogP contribution is -2.27. The van der Waals surface area contributed by atoms with Crippen LogP contribution in [0.1, 0.15) is 281 Å². The number of imidazole rings is 5. The molecule has 0 bridgehead atoms. The van der Waals surface area contributed by atoms with E-state index in [1.807, 2.05) is 31.0 Å². The topological polar surface area (TPSA) is 107 Å². The molecule has 0 aliphatic rings. The van der Waals surface area contributed by atoms with Gasteiger partial charge < -0.3 is 0 Å². The van der Waals surface area contributed by atoms with E-state index in [2.05, 4.69) is 465 Å². The number of aryl methyl sites for hydroxylation is 10. The SMILES string of the molecule is Cc1ccnc2c3c(C(C)C)cccc3[n+]3c4ccc(C(C)C)cc4n(C)c3c12.Cc1ccnc2c3c(C(C)C)cccc3n3c4c(C(C)C)cccc4[n+](C)c3c12.Cc1ccnc2c3c(C(C)C)cccc3n3c4cc(C(C)C)ccc4[n+](C)c3c12.Cc1ccnc2c3cc(C(C)C)c(C(C)C)cc3n3c4ccccc4[n+](C)c3c12.Cc1ccnc2c3ccc(C(C)C)c(C(C)C)c3n3c4ccccc4[n+](C)c3c12. The Morgan fingerprint density at radius 2 is 0.566 bits per heavy atom. The molecule has 15 aromatic heterocycles. The molecule has 730 valence electrons. The molecule has 25 aromatic rings. The predicted octanol–water partition coefficient (Wildman–Crippen LogP) is 30.9. The van der Waals surface area contributed by atoms with E-state index in [1.165, 1.54) is 248 Å². The number of aromatic nitrogens is 15. The van der Waals surface area contributed by atoms with Crippen molar-refractivity contribution in [1.82, 2.24) is 47.1 Å². The van der Waals surface area contributed by atoms with Crippen LogP contribution < -0.4 is 22.7 Å². The molecule has 25 rings (SSSR count). The summed E-state index contributed by atoms with van der Waals surface area (Å²) in [6.07, 6.45) is 9.74. The molecule has 145 heavy (non-hydrogen) atoms. The summed E-state index contributed by atoms with van der Waals surface area (Å²) in [5.41, 5.74) is 50.8. The van der Waals surface area contributed by atoms with Crippen molar-refractivity contribution < 1.29 is 22.7 Å². The van der Waals surface area contributed by atoms with Gasteiger partial charge in [0.15, 0.2) is 55.2 Å². The maximum atomic E-state index is 4.91. The first kappa shape index (κ1) is 96.4. The number of rotatable bonds is 10. The average Bonchev–Trinajstić information content (AvgIpc) is 1.50. The molecule has 0 amide bonds. The molecule has 0 aliphatic carbocycles. The van der Waals surface area contributed by atoms with Gasteiger partial charge in [0.25, 0.3) is 28.2 Å². The summed E-state index contributed by atoms with van der Waals surface area (Å²) in [4.78, 5) is 24.5. The highest BCUT2D eigenvalue weighted by molar-refractivity contribution is 6.18. The predicted molar refractivity (Wildman–Crippen MR) is 609 cm³/mol. The summed E-state index contributed by atoms with van der Waals surface area (Å²) < 4.78 is 24.0. The quantitative estimate of drug-likeness (QED) is 0.100. The number of hydrogen-bond acceptors (Lipinski definition) is 5. The summed E-state index contributed by atoms with van der Waals surface area (Å²) in [7, 11) is 10.9. The number of para-hydroxylation sites is 5. The maximum absolute atomic E-state index is 4.91. The molecule has 0 unspecified atom stereocenters. The van der Waals surface area contributed by atoms with Gasteiger partial charge in [-0.1, -0.05) is 229 Å². The van der Waals surface area contributed by atoms with E-state index in [1.54, 1.807) is 0 Å². The van der Waals surface area contributed by atoms with Crippen LogP contribution in [0.5, 0.6) is 0 Å². The van der Waals surface area contributed by atoms with Crippen molar-refractivity contribution in [2.75, 3.05) is 0 Å². The minimum atomic E-state index is 0.424. The van der Waals surface area contributed by atoms with E-state index in [4.69, 9.17) is 24.9 Å². The molecular weight excluding hydrogens is 1770 g/mol. The zero-order valence-corrected chi connectivity index (χ0v) is 90.6. The Bertz CT molecular complexity index is 9570. The zero-order valence-electron chi connectivity index (χ0n) is 90.6. The van der Waals surface area contributed by atoms with E-state index in [0.29, 0.717) is 59.2 Å². The molecule has 10 aromatic carbocycles. The van der Waals surface area contributed by atoms with Crippen LogP contribution in [0.4, 0.5) is 0 Å². The van der Waals surface area contributed by atoms with Gasteiger partial charge >= 0.3 is 0 Å². The highest BCUT2D eigenvalue weighted by atomic mass is 15.2. The van der Waals surface area contributed by atoms with Crippen LogP contribution in [-0.2, 0) is 35.2 Å². The van der Waals surface area contributed by atoms with Gasteiger partial charge in [0.2, 0.25) is 0 Å². The minimum Gasteiger partial charge on any atom is -0.255 e. The van der Waals surface area contributed by atoms with Crippen molar-refractivity contribution in [3.63, 3.8) is 0 Å². The van der Waals surface area contributed by atoms with Gasteiger partial charge in [0, 0.05) is 52.9 Å². The highest BCUT2D eigenvalue weighted by Crippen LogP contribution is 2.46. The van der Waals surface area contributed by atoms with E-state index >= 15 is 0 Å². The summed E-state index contributed by atoms with van der Waals surface area (Å²) in [6, 6.07) is 78.1. The number of hydrogen-bond donors (Lipinski definition) is 0. The fourth-order valence-electron chi connectivity index (χ4n) is 24.4. The van der Waals surface area contributed by atoms with Crippen LogP contribution in [0, 0.1) is 34.6 Å². The van der Waals surface area contributed by atoms with Crippen LogP contribution in [0.15, 0.2) is 243 Å². The van der Waals surface area contributed by atoms with Crippen molar-refractivity contribution in [3.05, 3.63) is 327 Å². The van der Waals surface area contributed by atoms with Gasteiger partial charge in [-0.05, 0) is 287 Å². The first-order valence-electron chi connectivity index (χ1n) is 52.7. The second-order valence-electron chi connectivity index (χ2n) is 44.3. The van der Waals surface area contributed by atoms with Crippen molar-refractivity contribution in [2.45, 2.75) is 232 Å². The average molecular weight is 1910 g/mol. The van der Waals surface area contributed by atoms with Crippen LogP contribution >= 0.6 is 0 Å². The maximum Gasteiger partial charge on any atom is 0.297 e. The second-order valence-corrected chi connectivity index (χ2v) is 44.3.